The molecule has 0 atom stereocenters. The fraction of sp³-hybridized carbons (Fsp3) is 0.786. The van der Waals surface area contributed by atoms with Crippen LogP contribution in [-0.2, 0) is 19.5 Å². The molecule has 0 saturated heterocycles. The molecule has 1 fully saturated rings. The van der Waals surface area contributed by atoms with E-state index in [1.165, 1.54) is 51.4 Å². The van der Waals surface area contributed by atoms with Gasteiger partial charge in [0.1, 0.15) is 0 Å². The van der Waals surface area contributed by atoms with Gasteiger partial charge in [0.15, 0.2) is 0 Å². The van der Waals surface area contributed by atoms with E-state index in [-0.39, 0.29) is 19.5 Å². The molecule has 0 aromatic rings. The van der Waals surface area contributed by atoms with Crippen molar-refractivity contribution in [3.8, 4) is 0 Å². The van der Waals surface area contributed by atoms with Crippen molar-refractivity contribution in [3.05, 3.63) is 19.1 Å². The van der Waals surface area contributed by atoms with E-state index in [0.29, 0.717) is 0 Å². The minimum absolute atomic E-state index is 0. The molecule has 15 heavy (non-hydrogen) atoms. The monoisotopic (exact) mass is 258 g/mol. The summed E-state index contributed by atoms with van der Waals surface area (Å²) in [6.45, 7) is 7.24. The van der Waals surface area contributed by atoms with Gasteiger partial charge in [0.25, 0.3) is 0 Å². The Bertz CT molecular complexity index is 123. The summed E-state index contributed by atoms with van der Waals surface area (Å²) in [7, 11) is 0. The van der Waals surface area contributed by atoms with Gasteiger partial charge in [-0.3, -0.25) is 6.08 Å². The zero-order valence-corrected chi connectivity index (χ0v) is 13.7. The molecule has 0 aromatic carbocycles. The third-order valence-corrected chi connectivity index (χ3v) is 2.66. The summed E-state index contributed by atoms with van der Waals surface area (Å²) in [5.41, 5.74) is 0. The summed E-state index contributed by atoms with van der Waals surface area (Å²) in [6, 6.07) is 0. The molecule has 0 nitrogen and oxygen atoms in total. The molecule has 0 spiro atoms. The zero-order chi connectivity index (χ0) is 10.6. The molecule has 0 amide bonds. The summed E-state index contributed by atoms with van der Waals surface area (Å²) < 4.78 is 0. The SMILES string of the molecule is CCCCC=[C-]C1CCCCC1.[CH2-]C.[Zn+2]. The van der Waals surface area contributed by atoms with Crippen molar-refractivity contribution in [1.29, 1.82) is 0 Å². The molecular weight excluding hydrogens is 234 g/mol. The first-order valence-electron chi connectivity index (χ1n) is 6.22. The minimum atomic E-state index is 0. The number of hydrogen-bond acceptors (Lipinski definition) is 0. The maximum atomic E-state index is 3.53. The predicted octanol–water partition coefficient (Wildman–Crippen LogP) is 4.95. The van der Waals surface area contributed by atoms with E-state index in [4.69, 9.17) is 0 Å². The minimum Gasteiger partial charge on any atom is -0.497 e. The number of hydrogen-bond donors (Lipinski definition) is 0. The van der Waals surface area contributed by atoms with Crippen LogP contribution in [0.5, 0.6) is 0 Å². The molecule has 0 aromatic heterocycles. The number of allylic oxidation sites excluding steroid dienone is 2. The van der Waals surface area contributed by atoms with Gasteiger partial charge in [-0.15, -0.1) is 0 Å². The average molecular weight is 260 g/mol. The molecule has 0 radical (unpaired) electrons. The maximum absolute atomic E-state index is 3.53. The Morgan fingerprint density at radius 1 is 1.20 bits per heavy atom. The molecule has 1 aliphatic rings. The maximum Gasteiger partial charge on any atom is 2.00 e. The Labute approximate surface area is 110 Å². The predicted molar refractivity (Wildman–Crippen MR) is 64.9 cm³/mol. The van der Waals surface area contributed by atoms with Gasteiger partial charge >= 0.3 is 19.5 Å². The second kappa shape index (κ2) is 14.4. The Kier molecular flexibility index (Phi) is 17.0. The Morgan fingerprint density at radius 3 is 2.33 bits per heavy atom. The standard InChI is InChI=1S/C12H21.C2H5.Zn/c1-2-3-4-6-9-12-10-7-5-8-11-12;1-2;/h6,12H,2-5,7-8,10-11H2,1H3;1H2,2H3;/q2*-1;+2. The fourth-order valence-corrected chi connectivity index (χ4v) is 1.83. The van der Waals surface area contributed by atoms with Crippen molar-refractivity contribution >= 4 is 0 Å². The van der Waals surface area contributed by atoms with E-state index in [1.54, 1.807) is 6.92 Å². The Morgan fingerprint density at radius 2 is 1.80 bits per heavy atom. The molecule has 0 unspecified atom stereocenters. The van der Waals surface area contributed by atoms with Crippen molar-refractivity contribution < 1.29 is 19.5 Å². The van der Waals surface area contributed by atoms with E-state index < -0.39 is 0 Å². The van der Waals surface area contributed by atoms with Crippen molar-refractivity contribution in [2.45, 2.75) is 65.2 Å². The Balaban J connectivity index is 0. The molecule has 1 saturated carbocycles. The van der Waals surface area contributed by atoms with Crippen LogP contribution < -0.4 is 0 Å². The topological polar surface area (TPSA) is 0 Å². The molecule has 1 aliphatic carbocycles. The molecule has 0 bridgehead atoms. The summed E-state index contributed by atoms with van der Waals surface area (Å²) in [5.74, 6) is 0.801. The zero-order valence-electron chi connectivity index (χ0n) is 10.7. The van der Waals surface area contributed by atoms with Crippen molar-refractivity contribution in [1.82, 2.24) is 0 Å². The quantitative estimate of drug-likeness (QED) is 0.381. The average Bonchev–Trinajstić information content (AvgIpc) is 2.29. The van der Waals surface area contributed by atoms with E-state index in [0.717, 1.165) is 5.92 Å². The molecular formula is C14H26Zn. The van der Waals surface area contributed by atoms with Gasteiger partial charge in [0.2, 0.25) is 0 Å². The summed E-state index contributed by atoms with van der Waals surface area (Å²) in [4.78, 5) is 0. The van der Waals surface area contributed by atoms with Gasteiger partial charge in [0, 0.05) is 0 Å². The van der Waals surface area contributed by atoms with Crippen molar-refractivity contribution in [2.75, 3.05) is 0 Å². The van der Waals surface area contributed by atoms with Gasteiger partial charge < -0.3 is 13.0 Å². The summed E-state index contributed by atoms with van der Waals surface area (Å²) in [5, 5.41) is 0. The van der Waals surface area contributed by atoms with Crippen molar-refractivity contribution in [2.24, 2.45) is 5.92 Å². The molecule has 84 valence electrons. The fourth-order valence-electron chi connectivity index (χ4n) is 1.83. The van der Waals surface area contributed by atoms with Gasteiger partial charge in [-0.1, -0.05) is 58.3 Å². The number of rotatable bonds is 4. The second-order valence-corrected chi connectivity index (χ2v) is 3.85. The van der Waals surface area contributed by atoms with Crippen LogP contribution in [0, 0.1) is 18.9 Å². The summed E-state index contributed by atoms with van der Waals surface area (Å²) >= 11 is 0. The van der Waals surface area contributed by atoms with Gasteiger partial charge in [-0.2, -0.15) is 12.8 Å². The van der Waals surface area contributed by atoms with Crippen LogP contribution in [0.3, 0.4) is 0 Å². The van der Waals surface area contributed by atoms with Gasteiger partial charge in [-0.25, -0.2) is 0 Å². The molecule has 1 rings (SSSR count). The van der Waals surface area contributed by atoms with Crippen LogP contribution >= 0.6 is 0 Å². The van der Waals surface area contributed by atoms with Crippen LogP contribution in [0.25, 0.3) is 0 Å². The third-order valence-electron chi connectivity index (χ3n) is 2.66. The van der Waals surface area contributed by atoms with E-state index in [9.17, 15) is 0 Å². The largest absolute Gasteiger partial charge is 2.00 e. The summed E-state index contributed by atoms with van der Waals surface area (Å²) in [6.07, 6.45) is 16.8. The third kappa shape index (κ3) is 10.6. The van der Waals surface area contributed by atoms with E-state index >= 15 is 0 Å². The first kappa shape index (κ1) is 17.7. The smallest absolute Gasteiger partial charge is 0.497 e. The molecule has 0 heterocycles. The Hall–Kier alpha value is 0.363. The van der Waals surface area contributed by atoms with Crippen LogP contribution in [0.1, 0.15) is 65.2 Å². The van der Waals surface area contributed by atoms with Crippen LogP contribution in [-0.4, -0.2) is 0 Å². The van der Waals surface area contributed by atoms with Gasteiger partial charge in [0.05, 0.1) is 0 Å². The normalized spacial score (nSPS) is 16.7. The number of unbranched alkanes of at least 4 members (excludes halogenated alkanes) is 2. The first-order valence-corrected chi connectivity index (χ1v) is 6.22. The van der Waals surface area contributed by atoms with Crippen LogP contribution in [0.15, 0.2) is 6.08 Å². The molecule has 0 N–H and O–H groups in total. The molecule has 0 aliphatic heterocycles. The van der Waals surface area contributed by atoms with Crippen molar-refractivity contribution in [3.63, 3.8) is 0 Å². The first-order chi connectivity index (χ1) is 6.93. The van der Waals surface area contributed by atoms with E-state index in [2.05, 4.69) is 26.0 Å². The van der Waals surface area contributed by atoms with Crippen LogP contribution in [0.4, 0.5) is 0 Å². The molecule has 1 heteroatoms. The van der Waals surface area contributed by atoms with Gasteiger partial charge in [-0.05, 0) is 0 Å². The van der Waals surface area contributed by atoms with E-state index in [1.807, 2.05) is 0 Å². The van der Waals surface area contributed by atoms with Crippen LogP contribution in [0.2, 0.25) is 0 Å². The second-order valence-electron chi connectivity index (χ2n) is 3.85.